The first-order valence-corrected chi connectivity index (χ1v) is 6.61. The molecule has 4 N–H and O–H groups in total. The Hall–Kier alpha value is -1.43. The number of nitrogens with one attached hydrogen (secondary N) is 1. The fraction of sp³-hybridized carbons (Fsp3) is 0.769. The quantitative estimate of drug-likeness (QED) is 0.675. The summed E-state index contributed by atoms with van der Waals surface area (Å²) >= 11 is 0. The highest BCUT2D eigenvalue weighted by atomic mass is 16.4. The molecule has 0 fully saturated rings. The second-order valence-electron chi connectivity index (χ2n) is 3.41. The number of Topliss-reactive ketones (excluding diaryl/α,β-unsaturated/α-hetero) is 1. The summed E-state index contributed by atoms with van der Waals surface area (Å²) in [5.74, 6) is -2.43. The van der Waals surface area contributed by atoms with E-state index in [4.69, 9.17) is 10.8 Å². The van der Waals surface area contributed by atoms with Gasteiger partial charge in [0, 0.05) is 12.5 Å². The van der Waals surface area contributed by atoms with Gasteiger partial charge in [-0.3, -0.25) is 14.4 Å². The normalized spacial score (nSPS) is 11.7. The Kier molecular flexibility index (Phi) is 17.5. The van der Waals surface area contributed by atoms with Crippen LogP contribution < -0.4 is 11.1 Å². The molecule has 0 aliphatic heterocycles. The van der Waals surface area contributed by atoms with Crippen LogP contribution in [0.3, 0.4) is 0 Å². The predicted octanol–water partition coefficient (Wildman–Crippen LogP) is 1.18. The van der Waals surface area contributed by atoms with Gasteiger partial charge in [0.1, 0.15) is 0 Å². The van der Waals surface area contributed by atoms with Crippen molar-refractivity contribution in [3.05, 3.63) is 0 Å². The molecule has 0 aliphatic rings. The standard InChI is InChI=1S/C9H16N2O4.2C2H6/c1-5(3-8(13)14)9(15)11-7(4-10)6(2)12;2*1-2/h5,7H,3-4,10H2,1-2H3,(H,11,15)(H,13,14);2*1-2H3. The van der Waals surface area contributed by atoms with Crippen LogP contribution >= 0.6 is 0 Å². The molecule has 2 atom stereocenters. The summed E-state index contributed by atoms with van der Waals surface area (Å²) in [6.07, 6.45) is -0.263. The largest absolute Gasteiger partial charge is 0.481 e. The van der Waals surface area contributed by atoms with Crippen molar-refractivity contribution in [1.29, 1.82) is 0 Å². The van der Waals surface area contributed by atoms with E-state index < -0.39 is 23.8 Å². The summed E-state index contributed by atoms with van der Waals surface area (Å²) in [6.45, 7) is 10.8. The van der Waals surface area contributed by atoms with Crippen LogP contribution in [-0.2, 0) is 14.4 Å². The zero-order valence-electron chi connectivity index (χ0n) is 12.8. The molecule has 0 aliphatic carbocycles. The number of hydrogen-bond acceptors (Lipinski definition) is 4. The zero-order chi connectivity index (χ0) is 16.0. The van der Waals surface area contributed by atoms with Crippen molar-refractivity contribution in [3.63, 3.8) is 0 Å². The van der Waals surface area contributed by atoms with Crippen molar-refractivity contribution in [2.45, 2.75) is 54.0 Å². The van der Waals surface area contributed by atoms with Gasteiger partial charge >= 0.3 is 5.97 Å². The van der Waals surface area contributed by atoms with Gasteiger partial charge in [0.2, 0.25) is 5.91 Å². The van der Waals surface area contributed by atoms with E-state index in [1.807, 2.05) is 27.7 Å². The molecule has 0 aromatic heterocycles. The van der Waals surface area contributed by atoms with E-state index in [0.717, 1.165) is 0 Å². The molecule has 0 aromatic carbocycles. The zero-order valence-corrected chi connectivity index (χ0v) is 12.8. The molecule has 0 bridgehead atoms. The molecule has 0 saturated heterocycles. The summed E-state index contributed by atoms with van der Waals surface area (Å²) in [5, 5.41) is 10.9. The Morgan fingerprint density at radius 3 is 1.84 bits per heavy atom. The van der Waals surface area contributed by atoms with Gasteiger partial charge in [0.05, 0.1) is 12.5 Å². The monoisotopic (exact) mass is 276 g/mol. The summed E-state index contributed by atoms with van der Waals surface area (Å²) in [4.78, 5) is 32.6. The first kappa shape index (κ1) is 22.7. The number of rotatable bonds is 6. The highest BCUT2D eigenvalue weighted by molar-refractivity contribution is 5.89. The van der Waals surface area contributed by atoms with Crippen LogP contribution in [0.15, 0.2) is 0 Å². The number of nitrogens with two attached hydrogens (primary N) is 1. The van der Waals surface area contributed by atoms with Crippen LogP contribution in [0.4, 0.5) is 0 Å². The summed E-state index contributed by atoms with van der Waals surface area (Å²) in [5.41, 5.74) is 5.27. The van der Waals surface area contributed by atoms with E-state index in [9.17, 15) is 14.4 Å². The molecule has 0 saturated carbocycles. The maximum absolute atomic E-state index is 11.4. The van der Waals surface area contributed by atoms with Crippen LogP contribution in [0.5, 0.6) is 0 Å². The number of aliphatic carboxylic acids is 1. The van der Waals surface area contributed by atoms with Crippen molar-refractivity contribution >= 4 is 17.7 Å². The Morgan fingerprint density at radius 2 is 1.58 bits per heavy atom. The van der Waals surface area contributed by atoms with Gasteiger partial charge < -0.3 is 16.2 Å². The van der Waals surface area contributed by atoms with Crippen LogP contribution in [0.2, 0.25) is 0 Å². The summed E-state index contributed by atoms with van der Waals surface area (Å²) in [7, 11) is 0. The summed E-state index contributed by atoms with van der Waals surface area (Å²) in [6, 6.07) is -0.728. The molecule has 19 heavy (non-hydrogen) atoms. The van der Waals surface area contributed by atoms with Crippen molar-refractivity contribution in [2.24, 2.45) is 11.7 Å². The molecular weight excluding hydrogens is 248 g/mol. The van der Waals surface area contributed by atoms with E-state index in [0.29, 0.717) is 0 Å². The van der Waals surface area contributed by atoms with Crippen molar-refractivity contribution < 1.29 is 19.5 Å². The maximum atomic E-state index is 11.4. The Labute approximate surface area is 115 Å². The second kappa shape index (κ2) is 14.6. The second-order valence-corrected chi connectivity index (χ2v) is 3.41. The lowest BCUT2D eigenvalue weighted by molar-refractivity contribution is -0.141. The van der Waals surface area contributed by atoms with Gasteiger partial charge in [-0.2, -0.15) is 0 Å². The number of carboxylic acid groups (broad SMARTS) is 1. The van der Waals surface area contributed by atoms with E-state index in [1.54, 1.807) is 0 Å². The van der Waals surface area contributed by atoms with Crippen LogP contribution in [0, 0.1) is 5.92 Å². The SMILES string of the molecule is CC.CC.CC(=O)C(CN)NC(=O)C(C)CC(=O)O. The Balaban J connectivity index is -0.000000579. The number of carbonyl (C=O) groups is 3. The molecule has 1 amide bonds. The van der Waals surface area contributed by atoms with E-state index in [2.05, 4.69) is 5.32 Å². The lowest BCUT2D eigenvalue weighted by Gasteiger charge is -2.16. The van der Waals surface area contributed by atoms with Gasteiger partial charge in [0.15, 0.2) is 5.78 Å². The molecule has 0 aromatic rings. The topological polar surface area (TPSA) is 109 Å². The van der Waals surface area contributed by atoms with Crippen molar-refractivity contribution in [3.8, 4) is 0 Å². The number of ketones is 1. The highest BCUT2D eigenvalue weighted by Gasteiger charge is 2.21. The predicted molar refractivity (Wildman–Crippen MR) is 75.8 cm³/mol. The molecular formula is C13H28N2O4. The van der Waals surface area contributed by atoms with E-state index in [-0.39, 0.29) is 18.7 Å². The maximum Gasteiger partial charge on any atom is 0.304 e. The Bertz CT molecular complexity index is 267. The minimum absolute atomic E-state index is 0.0147. The van der Waals surface area contributed by atoms with Crippen LogP contribution in [0.1, 0.15) is 48.0 Å². The molecule has 6 nitrogen and oxygen atoms in total. The fourth-order valence-electron chi connectivity index (χ4n) is 0.995. The fourth-order valence-corrected chi connectivity index (χ4v) is 0.995. The van der Waals surface area contributed by atoms with Crippen LogP contribution in [-0.4, -0.2) is 35.4 Å². The first-order chi connectivity index (χ1) is 8.88. The average Bonchev–Trinajstić information content (AvgIpc) is 2.39. The molecule has 6 heteroatoms. The van der Waals surface area contributed by atoms with Crippen molar-refractivity contribution in [2.75, 3.05) is 6.54 Å². The number of carbonyl (C=O) groups excluding carboxylic acids is 2. The first-order valence-electron chi connectivity index (χ1n) is 6.61. The molecule has 114 valence electrons. The van der Waals surface area contributed by atoms with Gasteiger partial charge in [0.25, 0.3) is 0 Å². The lowest BCUT2D eigenvalue weighted by Crippen LogP contribution is -2.46. The van der Waals surface area contributed by atoms with Gasteiger partial charge in [-0.15, -0.1) is 0 Å². The summed E-state index contributed by atoms with van der Waals surface area (Å²) < 4.78 is 0. The number of carboxylic acids is 1. The minimum atomic E-state index is -1.05. The van der Waals surface area contributed by atoms with E-state index >= 15 is 0 Å². The molecule has 2 unspecified atom stereocenters. The van der Waals surface area contributed by atoms with Gasteiger partial charge in [-0.25, -0.2) is 0 Å². The smallest absolute Gasteiger partial charge is 0.304 e. The number of hydrogen-bond donors (Lipinski definition) is 3. The third-order valence-electron chi connectivity index (χ3n) is 1.97. The molecule has 0 radical (unpaired) electrons. The lowest BCUT2D eigenvalue weighted by atomic mass is 10.1. The number of amides is 1. The van der Waals surface area contributed by atoms with E-state index in [1.165, 1.54) is 13.8 Å². The molecule has 0 heterocycles. The van der Waals surface area contributed by atoms with Gasteiger partial charge in [-0.1, -0.05) is 34.6 Å². The average molecular weight is 276 g/mol. The molecule has 0 spiro atoms. The Morgan fingerprint density at radius 1 is 1.16 bits per heavy atom. The highest BCUT2D eigenvalue weighted by Crippen LogP contribution is 2.02. The van der Waals surface area contributed by atoms with Crippen LogP contribution in [0.25, 0.3) is 0 Å². The third kappa shape index (κ3) is 12.8. The molecule has 0 rings (SSSR count). The van der Waals surface area contributed by atoms with Crippen molar-refractivity contribution in [1.82, 2.24) is 5.32 Å². The third-order valence-corrected chi connectivity index (χ3v) is 1.97. The minimum Gasteiger partial charge on any atom is -0.481 e. The van der Waals surface area contributed by atoms with Gasteiger partial charge in [-0.05, 0) is 6.92 Å².